The second-order valence-corrected chi connectivity index (χ2v) is 1.35. The highest BCUT2D eigenvalue weighted by atomic mass is 14.9. The van der Waals surface area contributed by atoms with Crippen LogP contribution in [0.3, 0.4) is 0 Å². The molecule has 0 aliphatic heterocycles. The molecule has 1 heteroatoms. The van der Waals surface area contributed by atoms with Crippen LogP contribution in [0.2, 0.25) is 0 Å². The van der Waals surface area contributed by atoms with Crippen molar-refractivity contribution in [2.45, 2.75) is 6.92 Å². The first kappa shape index (κ1) is 7.15. The molecule has 0 spiro atoms. The van der Waals surface area contributed by atoms with Crippen LogP contribution in [0.4, 0.5) is 0 Å². The van der Waals surface area contributed by atoms with E-state index >= 15 is 0 Å². The Morgan fingerprint density at radius 3 is 1.62 bits per heavy atom. The average Bonchev–Trinajstić information content (AvgIpc) is 2.24. The van der Waals surface area contributed by atoms with Crippen LogP contribution in [0.25, 0.3) is 0 Å². The third-order valence-corrected chi connectivity index (χ3v) is 0.754. The van der Waals surface area contributed by atoms with Crippen molar-refractivity contribution in [1.82, 2.24) is 4.57 Å². The van der Waals surface area contributed by atoms with Gasteiger partial charge >= 0.3 is 0 Å². The summed E-state index contributed by atoms with van der Waals surface area (Å²) < 4.78 is 2.00. The highest BCUT2D eigenvalue weighted by Gasteiger charge is 1.68. The molecular weight excluding hydrogens is 98.1 g/mol. The van der Waals surface area contributed by atoms with Gasteiger partial charge in [0.05, 0.1) is 13.8 Å². The standard InChI is InChI=1S/C5H7N.C2H5/c1-6-4-2-3-5-6;1-2/h2-5H,1H3;1H2,2H3/q;+1. The van der Waals surface area contributed by atoms with Gasteiger partial charge in [0, 0.05) is 19.4 Å². The summed E-state index contributed by atoms with van der Waals surface area (Å²) in [7, 11) is 2.00. The summed E-state index contributed by atoms with van der Waals surface area (Å²) in [5.74, 6) is 0. The van der Waals surface area contributed by atoms with Gasteiger partial charge in [-0.1, -0.05) is 0 Å². The Morgan fingerprint density at radius 2 is 1.50 bits per heavy atom. The van der Waals surface area contributed by atoms with Crippen molar-refractivity contribution >= 4 is 0 Å². The van der Waals surface area contributed by atoms with Gasteiger partial charge in [-0.15, -0.1) is 0 Å². The molecule has 1 aromatic heterocycles. The quantitative estimate of drug-likeness (QED) is 0.449. The van der Waals surface area contributed by atoms with E-state index in [0.717, 1.165) is 0 Å². The topological polar surface area (TPSA) is 4.93 Å². The molecule has 1 aromatic rings. The first-order valence-corrected chi connectivity index (χ1v) is 2.67. The van der Waals surface area contributed by atoms with Gasteiger partial charge in [-0.3, -0.25) is 0 Å². The Hall–Kier alpha value is -0.850. The molecular formula is C7H12N+. The summed E-state index contributed by atoms with van der Waals surface area (Å²) in [6.07, 6.45) is 4.00. The molecule has 0 aromatic carbocycles. The number of hydrogen-bond donors (Lipinski definition) is 0. The van der Waals surface area contributed by atoms with Gasteiger partial charge in [-0.25, -0.2) is 0 Å². The summed E-state index contributed by atoms with van der Waals surface area (Å²) in [6, 6.07) is 4.00. The Kier molecular flexibility index (Phi) is 3.85. The SMILES string of the molecule is Cn1cccc1.[CH2+]C. The lowest BCUT2D eigenvalue weighted by Crippen LogP contribution is -1.75. The molecule has 1 nitrogen and oxygen atoms in total. The Labute approximate surface area is 51.0 Å². The third-order valence-electron chi connectivity index (χ3n) is 0.754. The summed E-state index contributed by atoms with van der Waals surface area (Å²) in [5.41, 5.74) is 0. The van der Waals surface area contributed by atoms with Crippen LogP contribution in [0.15, 0.2) is 24.5 Å². The van der Waals surface area contributed by atoms with Gasteiger partial charge in [0.1, 0.15) is 0 Å². The second kappa shape index (κ2) is 4.31. The molecule has 0 fully saturated rings. The second-order valence-electron chi connectivity index (χ2n) is 1.35. The van der Waals surface area contributed by atoms with Gasteiger partial charge in [-0.05, 0) is 12.1 Å². The Morgan fingerprint density at radius 1 is 1.12 bits per heavy atom. The molecule has 0 saturated heterocycles. The minimum absolute atomic E-state index is 1.75. The largest absolute Gasteiger partial charge is 0.357 e. The first-order valence-electron chi connectivity index (χ1n) is 2.67. The molecule has 0 radical (unpaired) electrons. The van der Waals surface area contributed by atoms with E-state index in [-0.39, 0.29) is 0 Å². The van der Waals surface area contributed by atoms with E-state index < -0.39 is 0 Å². The molecule has 0 aliphatic rings. The van der Waals surface area contributed by atoms with E-state index in [1.165, 1.54) is 0 Å². The van der Waals surface area contributed by atoms with Crippen LogP contribution in [0, 0.1) is 6.92 Å². The number of aryl methyl sites for hydroxylation is 1. The lowest BCUT2D eigenvalue weighted by atomic mass is 10.7. The highest BCUT2D eigenvalue weighted by Crippen LogP contribution is 1.80. The Bertz CT molecular complexity index is 108. The van der Waals surface area contributed by atoms with Gasteiger partial charge in [0.25, 0.3) is 0 Å². The number of aromatic nitrogens is 1. The van der Waals surface area contributed by atoms with Crippen molar-refractivity contribution in [3.63, 3.8) is 0 Å². The monoisotopic (exact) mass is 110 g/mol. The zero-order valence-corrected chi connectivity index (χ0v) is 5.46. The maximum atomic E-state index is 3.25. The Balaban J connectivity index is 0.000000222. The normalized spacial score (nSPS) is 7.25. The molecule has 0 atom stereocenters. The highest BCUT2D eigenvalue weighted by molar-refractivity contribution is 4.88. The predicted molar refractivity (Wildman–Crippen MR) is 36.4 cm³/mol. The van der Waals surface area contributed by atoms with E-state index in [1.807, 2.05) is 36.1 Å². The molecule has 8 heavy (non-hydrogen) atoms. The molecule has 0 bridgehead atoms. The molecule has 0 aliphatic carbocycles. The average molecular weight is 110 g/mol. The lowest BCUT2D eigenvalue weighted by molar-refractivity contribution is 0.928. The molecule has 44 valence electrons. The van der Waals surface area contributed by atoms with Crippen molar-refractivity contribution in [3.05, 3.63) is 31.5 Å². The fraction of sp³-hybridized carbons (Fsp3) is 0.286. The van der Waals surface area contributed by atoms with Crippen molar-refractivity contribution in [2.24, 2.45) is 7.05 Å². The van der Waals surface area contributed by atoms with E-state index in [0.29, 0.717) is 0 Å². The van der Waals surface area contributed by atoms with Gasteiger partial charge in [0.2, 0.25) is 0 Å². The van der Waals surface area contributed by atoms with E-state index in [9.17, 15) is 0 Å². The zero-order valence-electron chi connectivity index (χ0n) is 5.46. The third kappa shape index (κ3) is 2.35. The molecule has 1 rings (SSSR count). The van der Waals surface area contributed by atoms with Gasteiger partial charge in [-0.2, -0.15) is 0 Å². The van der Waals surface area contributed by atoms with Crippen LogP contribution in [-0.2, 0) is 7.05 Å². The zero-order chi connectivity index (χ0) is 6.41. The van der Waals surface area contributed by atoms with Crippen LogP contribution < -0.4 is 0 Å². The van der Waals surface area contributed by atoms with Crippen LogP contribution in [0.1, 0.15) is 6.92 Å². The van der Waals surface area contributed by atoms with Crippen LogP contribution >= 0.6 is 0 Å². The smallest absolute Gasteiger partial charge is 0.0746 e. The molecule has 0 unspecified atom stereocenters. The van der Waals surface area contributed by atoms with Gasteiger partial charge in [0.15, 0.2) is 0 Å². The number of nitrogens with zero attached hydrogens (tertiary/aromatic N) is 1. The van der Waals surface area contributed by atoms with E-state index in [1.54, 1.807) is 6.92 Å². The predicted octanol–water partition coefficient (Wildman–Crippen LogP) is 1.87. The van der Waals surface area contributed by atoms with Crippen molar-refractivity contribution in [1.29, 1.82) is 0 Å². The van der Waals surface area contributed by atoms with Crippen molar-refractivity contribution in [2.75, 3.05) is 0 Å². The summed E-state index contributed by atoms with van der Waals surface area (Å²) in [5, 5.41) is 0. The van der Waals surface area contributed by atoms with E-state index in [2.05, 4.69) is 6.92 Å². The van der Waals surface area contributed by atoms with Crippen molar-refractivity contribution < 1.29 is 0 Å². The fourth-order valence-electron chi connectivity index (χ4n) is 0.421. The van der Waals surface area contributed by atoms with Gasteiger partial charge < -0.3 is 4.57 Å². The maximum absolute atomic E-state index is 3.25. The molecule has 0 amide bonds. The minimum Gasteiger partial charge on any atom is -0.357 e. The first-order chi connectivity index (χ1) is 3.89. The van der Waals surface area contributed by atoms with Crippen molar-refractivity contribution in [3.8, 4) is 0 Å². The van der Waals surface area contributed by atoms with Crippen LogP contribution in [-0.4, -0.2) is 4.57 Å². The minimum atomic E-state index is 1.75. The number of rotatable bonds is 0. The molecule has 0 saturated carbocycles. The summed E-state index contributed by atoms with van der Waals surface area (Å²) >= 11 is 0. The molecule has 0 N–H and O–H groups in total. The molecule has 1 heterocycles. The van der Waals surface area contributed by atoms with E-state index in [4.69, 9.17) is 0 Å². The maximum Gasteiger partial charge on any atom is 0.0746 e. The summed E-state index contributed by atoms with van der Waals surface area (Å²) in [4.78, 5) is 0. The van der Waals surface area contributed by atoms with Crippen LogP contribution in [0.5, 0.6) is 0 Å². The number of hydrogen-bond acceptors (Lipinski definition) is 0. The fourth-order valence-corrected chi connectivity index (χ4v) is 0.421. The lowest BCUT2D eigenvalue weighted by Gasteiger charge is -1.79. The summed E-state index contributed by atoms with van der Waals surface area (Å²) in [6.45, 7) is 5.00.